The van der Waals surface area contributed by atoms with Crippen molar-refractivity contribution in [2.24, 2.45) is 0 Å². The largest absolute Gasteiger partial charge is 0.483 e. The van der Waals surface area contributed by atoms with Crippen molar-refractivity contribution < 1.29 is 14.3 Å². The number of rotatable bonds is 11. The van der Waals surface area contributed by atoms with E-state index in [-0.39, 0.29) is 25.0 Å². The number of amides is 2. The lowest BCUT2D eigenvalue weighted by Crippen LogP contribution is -2.51. The number of nitrogens with one attached hydrogen (secondary N) is 1. The summed E-state index contributed by atoms with van der Waals surface area (Å²) >= 11 is 12.4. The van der Waals surface area contributed by atoms with E-state index < -0.39 is 6.04 Å². The molecule has 0 unspecified atom stereocenters. The maximum atomic E-state index is 13.6. The first-order chi connectivity index (χ1) is 17.3. The molecule has 1 atom stereocenters. The number of hydrogen-bond acceptors (Lipinski definition) is 3. The van der Waals surface area contributed by atoms with E-state index in [0.29, 0.717) is 28.8 Å². The first kappa shape index (κ1) is 27.6. The highest BCUT2D eigenvalue weighted by atomic mass is 35.5. The van der Waals surface area contributed by atoms with Crippen LogP contribution in [0.1, 0.15) is 35.6 Å². The molecule has 3 rings (SSSR count). The molecule has 3 aromatic carbocycles. The van der Waals surface area contributed by atoms with Crippen LogP contribution in [-0.2, 0) is 22.6 Å². The summed E-state index contributed by atoms with van der Waals surface area (Å²) in [5.41, 5.74) is 3.78. The molecule has 0 radical (unpaired) electrons. The maximum absolute atomic E-state index is 13.6. The predicted molar refractivity (Wildman–Crippen MR) is 146 cm³/mol. The van der Waals surface area contributed by atoms with Crippen molar-refractivity contribution >= 4 is 35.0 Å². The van der Waals surface area contributed by atoms with Gasteiger partial charge in [-0.05, 0) is 55.2 Å². The average molecular weight is 527 g/mol. The van der Waals surface area contributed by atoms with Crippen molar-refractivity contribution in [2.75, 3.05) is 13.2 Å². The van der Waals surface area contributed by atoms with Crippen LogP contribution < -0.4 is 10.1 Å². The van der Waals surface area contributed by atoms with E-state index in [9.17, 15) is 9.59 Å². The van der Waals surface area contributed by atoms with Crippen molar-refractivity contribution in [2.45, 2.75) is 46.2 Å². The molecular weight excluding hydrogens is 495 g/mol. The fraction of sp³-hybridized carbons (Fsp3) is 0.310. The van der Waals surface area contributed by atoms with Gasteiger partial charge in [0, 0.05) is 19.5 Å². The highest BCUT2D eigenvalue weighted by molar-refractivity contribution is 6.42. The number of benzene rings is 3. The molecule has 0 aromatic heterocycles. The van der Waals surface area contributed by atoms with E-state index in [1.807, 2.05) is 75.4 Å². The minimum absolute atomic E-state index is 0.184. The van der Waals surface area contributed by atoms with Gasteiger partial charge in [0.15, 0.2) is 6.61 Å². The van der Waals surface area contributed by atoms with Crippen LogP contribution in [0.15, 0.2) is 66.7 Å². The molecule has 0 fully saturated rings. The van der Waals surface area contributed by atoms with Crippen molar-refractivity contribution in [3.63, 3.8) is 0 Å². The molecule has 7 heteroatoms. The Morgan fingerprint density at radius 1 is 0.944 bits per heavy atom. The van der Waals surface area contributed by atoms with Gasteiger partial charge in [-0.2, -0.15) is 0 Å². The zero-order valence-electron chi connectivity index (χ0n) is 20.9. The summed E-state index contributed by atoms with van der Waals surface area (Å²) in [6.07, 6.45) is 1.16. The van der Waals surface area contributed by atoms with Crippen LogP contribution in [0.2, 0.25) is 10.0 Å². The van der Waals surface area contributed by atoms with Crippen LogP contribution in [0, 0.1) is 13.8 Å². The summed E-state index contributed by atoms with van der Waals surface area (Å²) in [7, 11) is 0. The van der Waals surface area contributed by atoms with Crippen molar-refractivity contribution in [1.29, 1.82) is 0 Å². The zero-order chi connectivity index (χ0) is 26.1. The van der Waals surface area contributed by atoms with Gasteiger partial charge >= 0.3 is 0 Å². The first-order valence-electron chi connectivity index (χ1n) is 12.0. The maximum Gasteiger partial charge on any atom is 0.261 e. The molecule has 36 heavy (non-hydrogen) atoms. The van der Waals surface area contributed by atoms with Gasteiger partial charge in [-0.25, -0.2) is 0 Å². The second kappa shape index (κ2) is 13.3. The summed E-state index contributed by atoms with van der Waals surface area (Å²) in [6, 6.07) is 20.0. The number of halogens is 2. The second-order valence-corrected chi connectivity index (χ2v) is 9.64. The molecule has 0 saturated heterocycles. The first-order valence-corrected chi connectivity index (χ1v) is 12.8. The normalized spacial score (nSPS) is 11.6. The summed E-state index contributed by atoms with van der Waals surface area (Å²) in [5.74, 6) is 0.132. The third-order valence-electron chi connectivity index (χ3n) is 5.84. The van der Waals surface area contributed by atoms with E-state index >= 15 is 0 Å². The lowest BCUT2D eigenvalue weighted by atomic mass is 10.0. The number of carbonyl (C=O) groups is 2. The third kappa shape index (κ3) is 7.74. The van der Waals surface area contributed by atoms with Crippen molar-refractivity contribution in [3.8, 4) is 5.75 Å². The molecule has 1 N–H and O–H groups in total. The summed E-state index contributed by atoms with van der Waals surface area (Å²) < 4.78 is 5.91. The van der Waals surface area contributed by atoms with Gasteiger partial charge in [-0.1, -0.05) is 84.2 Å². The van der Waals surface area contributed by atoms with E-state index in [2.05, 4.69) is 5.32 Å². The number of hydrogen-bond donors (Lipinski definition) is 1. The molecule has 190 valence electrons. The molecular formula is C29H32Cl2N2O3. The smallest absolute Gasteiger partial charge is 0.261 e. The Morgan fingerprint density at radius 3 is 2.36 bits per heavy atom. The Morgan fingerprint density at radius 2 is 1.69 bits per heavy atom. The minimum atomic E-state index is -0.733. The average Bonchev–Trinajstić information content (AvgIpc) is 2.86. The fourth-order valence-electron chi connectivity index (χ4n) is 3.94. The predicted octanol–water partition coefficient (Wildman–Crippen LogP) is 6.16. The number of ether oxygens (including phenoxy) is 1. The van der Waals surface area contributed by atoms with Gasteiger partial charge in [-0.15, -0.1) is 0 Å². The van der Waals surface area contributed by atoms with Crippen LogP contribution in [0.3, 0.4) is 0 Å². The van der Waals surface area contributed by atoms with Gasteiger partial charge in [0.05, 0.1) is 10.0 Å². The van der Waals surface area contributed by atoms with Crippen LogP contribution in [0.4, 0.5) is 0 Å². The number of nitrogens with zero attached hydrogens (tertiary/aromatic N) is 1. The van der Waals surface area contributed by atoms with E-state index in [1.165, 1.54) is 0 Å². The zero-order valence-corrected chi connectivity index (χ0v) is 22.4. The molecule has 0 aliphatic rings. The third-order valence-corrected chi connectivity index (χ3v) is 6.58. The monoisotopic (exact) mass is 526 g/mol. The molecule has 2 amide bonds. The summed E-state index contributed by atoms with van der Waals surface area (Å²) in [4.78, 5) is 28.5. The molecule has 0 bridgehead atoms. The SMILES string of the molecule is CCCNC(=O)[C@H](Cc1ccccc1)N(Cc1ccc(Cl)c(Cl)c1)C(=O)COc1ccc(C)cc1C. The van der Waals surface area contributed by atoms with Gasteiger partial charge in [0.25, 0.3) is 5.91 Å². The fourth-order valence-corrected chi connectivity index (χ4v) is 4.26. The van der Waals surface area contributed by atoms with E-state index in [0.717, 1.165) is 28.7 Å². The molecule has 5 nitrogen and oxygen atoms in total. The summed E-state index contributed by atoms with van der Waals surface area (Å²) in [5, 5.41) is 3.78. The standard InChI is InChI=1S/C29H32Cl2N2O3/c1-4-14-32-29(35)26(17-22-8-6-5-7-9-22)33(18-23-11-12-24(30)25(31)16-23)28(34)19-36-27-13-10-20(2)15-21(27)3/h5-13,15-16,26H,4,14,17-19H2,1-3H3,(H,32,35)/t26-/m0/s1. The Labute approximate surface area is 223 Å². The minimum Gasteiger partial charge on any atom is -0.483 e. The van der Waals surface area contributed by atoms with E-state index in [4.69, 9.17) is 27.9 Å². The highest BCUT2D eigenvalue weighted by Crippen LogP contribution is 2.25. The highest BCUT2D eigenvalue weighted by Gasteiger charge is 2.30. The number of aryl methyl sites for hydroxylation is 2. The quantitative estimate of drug-likeness (QED) is 0.325. The van der Waals surface area contributed by atoms with Crippen LogP contribution >= 0.6 is 23.2 Å². The van der Waals surface area contributed by atoms with Crippen LogP contribution in [0.25, 0.3) is 0 Å². The molecule has 3 aromatic rings. The van der Waals surface area contributed by atoms with Gasteiger partial charge < -0.3 is 15.0 Å². The number of carbonyl (C=O) groups excluding carboxylic acids is 2. The van der Waals surface area contributed by atoms with Crippen molar-refractivity contribution in [1.82, 2.24) is 10.2 Å². The topological polar surface area (TPSA) is 58.6 Å². The lowest BCUT2D eigenvalue weighted by molar-refractivity contribution is -0.142. The molecule has 0 aliphatic heterocycles. The van der Waals surface area contributed by atoms with Crippen LogP contribution in [-0.4, -0.2) is 35.9 Å². The molecule has 0 heterocycles. The molecule has 0 aliphatic carbocycles. The Bertz CT molecular complexity index is 1180. The van der Waals surface area contributed by atoms with E-state index in [1.54, 1.807) is 17.0 Å². The Balaban J connectivity index is 1.92. The summed E-state index contributed by atoms with van der Waals surface area (Å²) in [6.45, 7) is 6.45. The molecule has 0 saturated carbocycles. The van der Waals surface area contributed by atoms with Crippen LogP contribution in [0.5, 0.6) is 5.75 Å². The van der Waals surface area contributed by atoms with Gasteiger partial charge in [-0.3, -0.25) is 9.59 Å². The van der Waals surface area contributed by atoms with Gasteiger partial charge in [0.2, 0.25) is 5.91 Å². The molecule has 0 spiro atoms. The Hall–Kier alpha value is -3.02. The van der Waals surface area contributed by atoms with Gasteiger partial charge in [0.1, 0.15) is 11.8 Å². The Kier molecular flexibility index (Phi) is 10.2. The van der Waals surface area contributed by atoms with Crippen molar-refractivity contribution in [3.05, 3.63) is 99.0 Å². The second-order valence-electron chi connectivity index (χ2n) is 8.82. The lowest BCUT2D eigenvalue weighted by Gasteiger charge is -2.31.